The van der Waals surface area contributed by atoms with Crippen molar-refractivity contribution in [1.82, 2.24) is 19.1 Å². The number of rotatable bonds is 10. The van der Waals surface area contributed by atoms with Crippen LogP contribution in [0.5, 0.6) is 5.75 Å². The lowest BCUT2D eigenvalue weighted by Crippen LogP contribution is -2.40. The maximum Gasteiger partial charge on any atom is 0.332 e. The van der Waals surface area contributed by atoms with Gasteiger partial charge >= 0.3 is 5.69 Å². The number of hydrogen-bond donors (Lipinski definition) is 1. The summed E-state index contributed by atoms with van der Waals surface area (Å²) < 4.78 is 8.45. The van der Waals surface area contributed by atoms with E-state index in [2.05, 4.69) is 11.1 Å². The SMILES string of the molecule is CC(C)Cn1c(=O)n(C)c(=O)c2nc(CCCCCO)c(COc3ccccc3C#N)nc21. The number of aryl methyl sites for hydroxylation is 1. The Morgan fingerprint density at radius 2 is 1.88 bits per heavy atom. The smallest absolute Gasteiger partial charge is 0.332 e. The van der Waals surface area contributed by atoms with Crippen molar-refractivity contribution in [3.8, 4) is 11.8 Å². The molecule has 0 bridgehead atoms. The summed E-state index contributed by atoms with van der Waals surface area (Å²) in [4.78, 5) is 35.0. The van der Waals surface area contributed by atoms with Crippen LogP contribution in [0, 0.1) is 17.2 Å². The van der Waals surface area contributed by atoms with E-state index >= 15 is 0 Å². The number of nitriles is 1. The van der Waals surface area contributed by atoms with Crippen LogP contribution in [0.4, 0.5) is 0 Å². The highest BCUT2D eigenvalue weighted by molar-refractivity contribution is 5.69. The van der Waals surface area contributed by atoms with E-state index in [4.69, 9.17) is 14.8 Å². The Morgan fingerprint density at radius 1 is 1.12 bits per heavy atom. The van der Waals surface area contributed by atoms with Gasteiger partial charge < -0.3 is 9.84 Å². The number of ether oxygens (including phenoxy) is 1. The fourth-order valence-electron chi connectivity index (χ4n) is 3.60. The molecule has 2 aromatic heterocycles. The molecule has 33 heavy (non-hydrogen) atoms. The summed E-state index contributed by atoms with van der Waals surface area (Å²) in [7, 11) is 1.44. The van der Waals surface area contributed by atoms with E-state index < -0.39 is 11.2 Å². The quantitative estimate of drug-likeness (QED) is 0.469. The number of fused-ring (bicyclic) bond motifs is 1. The highest BCUT2D eigenvalue weighted by atomic mass is 16.5. The number of hydrogen-bond acceptors (Lipinski definition) is 7. The van der Waals surface area contributed by atoms with E-state index in [9.17, 15) is 14.9 Å². The second kappa shape index (κ2) is 10.9. The van der Waals surface area contributed by atoms with Gasteiger partial charge in [0.1, 0.15) is 24.1 Å². The fourth-order valence-corrected chi connectivity index (χ4v) is 3.60. The zero-order chi connectivity index (χ0) is 24.0. The lowest BCUT2D eigenvalue weighted by molar-refractivity contribution is 0.282. The minimum atomic E-state index is -0.485. The van der Waals surface area contributed by atoms with E-state index in [0.717, 1.165) is 17.4 Å². The monoisotopic (exact) mass is 451 g/mol. The summed E-state index contributed by atoms with van der Waals surface area (Å²) in [6.07, 6.45) is 2.79. The molecule has 9 heteroatoms. The minimum Gasteiger partial charge on any atom is -0.486 e. The molecule has 0 aliphatic carbocycles. The van der Waals surface area contributed by atoms with Gasteiger partial charge in [-0.3, -0.25) is 13.9 Å². The lowest BCUT2D eigenvalue weighted by atomic mass is 10.1. The second-order valence-electron chi connectivity index (χ2n) is 8.37. The molecule has 1 aromatic carbocycles. The van der Waals surface area contributed by atoms with E-state index in [-0.39, 0.29) is 30.3 Å². The van der Waals surface area contributed by atoms with Crippen molar-refractivity contribution in [2.24, 2.45) is 13.0 Å². The summed E-state index contributed by atoms with van der Waals surface area (Å²) >= 11 is 0. The van der Waals surface area contributed by atoms with Crippen LogP contribution in [-0.4, -0.2) is 30.8 Å². The summed E-state index contributed by atoms with van der Waals surface area (Å²) in [6.45, 7) is 4.52. The Balaban J connectivity index is 2.11. The molecule has 0 saturated carbocycles. The highest BCUT2D eigenvalue weighted by Crippen LogP contribution is 2.20. The fraction of sp³-hybridized carbons (Fsp3) is 0.458. The number of nitrogens with zero attached hydrogens (tertiary/aromatic N) is 5. The van der Waals surface area contributed by atoms with Crippen molar-refractivity contribution < 1.29 is 9.84 Å². The first-order valence-corrected chi connectivity index (χ1v) is 11.1. The molecule has 3 aromatic rings. The van der Waals surface area contributed by atoms with Crippen molar-refractivity contribution in [2.45, 2.75) is 52.7 Å². The van der Waals surface area contributed by atoms with Gasteiger partial charge in [0.05, 0.1) is 11.3 Å². The van der Waals surface area contributed by atoms with Crippen molar-refractivity contribution >= 4 is 11.2 Å². The van der Waals surface area contributed by atoms with Crippen LogP contribution in [0.2, 0.25) is 0 Å². The molecule has 1 N–H and O–H groups in total. The zero-order valence-electron chi connectivity index (χ0n) is 19.2. The van der Waals surface area contributed by atoms with Gasteiger partial charge in [0.25, 0.3) is 5.56 Å². The molecule has 0 aliphatic heterocycles. The number of aromatic nitrogens is 4. The van der Waals surface area contributed by atoms with Gasteiger partial charge in [-0.1, -0.05) is 32.4 Å². The molecule has 0 saturated heterocycles. The van der Waals surface area contributed by atoms with E-state index in [1.165, 1.54) is 11.6 Å². The van der Waals surface area contributed by atoms with E-state index in [1.54, 1.807) is 24.3 Å². The molecular formula is C24H29N5O4. The Hall–Kier alpha value is -3.51. The van der Waals surface area contributed by atoms with Gasteiger partial charge in [0.15, 0.2) is 11.2 Å². The normalized spacial score (nSPS) is 11.2. The summed E-state index contributed by atoms with van der Waals surface area (Å²) in [6, 6.07) is 9.01. The average molecular weight is 452 g/mol. The molecule has 9 nitrogen and oxygen atoms in total. The van der Waals surface area contributed by atoms with Gasteiger partial charge in [-0.2, -0.15) is 5.26 Å². The van der Waals surface area contributed by atoms with Gasteiger partial charge in [-0.15, -0.1) is 0 Å². The molecule has 0 radical (unpaired) electrons. The molecule has 174 valence electrons. The zero-order valence-corrected chi connectivity index (χ0v) is 19.2. The average Bonchev–Trinajstić information content (AvgIpc) is 2.81. The number of aliphatic hydroxyl groups is 1. The number of para-hydroxylation sites is 1. The maximum absolute atomic E-state index is 12.8. The van der Waals surface area contributed by atoms with E-state index in [1.807, 2.05) is 13.8 Å². The summed E-state index contributed by atoms with van der Waals surface area (Å²) in [5.41, 5.74) is 1.00. The van der Waals surface area contributed by atoms with Gasteiger partial charge in [-0.25, -0.2) is 14.8 Å². The van der Waals surface area contributed by atoms with Crippen LogP contribution in [-0.2, 0) is 26.6 Å². The number of aliphatic hydroxyl groups excluding tert-OH is 1. The van der Waals surface area contributed by atoms with E-state index in [0.29, 0.717) is 42.1 Å². The van der Waals surface area contributed by atoms with Crippen LogP contribution in [0.1, 0.15) is 50.1 Å². The third kappa shape index (κ3) is 5.46. The number of unbranched alkanes of at least 4 members (excludes halogenated alkanes) is 2. The first-order valence-electron chi connectivity index (χ1n) is 11.1. The first-order chi connectivity index (χ1) is 15.9. The van der Waals surface area contributed by atoms with Gasteiger partial charge in [0, 0.05) is 20.2 Å². The van der Waals surface area contributed by atoms with Crippen LogP contribution in [0.3, 0.4) is 0 Å². The van der Waals surface area contributed by atoms with Gasteiger partial charge in [0.2, 0.25) is 0 Å². The van der Waals surface area contributed by atoms with Crippen molar-refractivity contribution in [2.75, 3.05) is 6.61 Å². The highest BCUT2D eigenvalue weighted by Gasteiger charge is 2.19. The minimum absolute atomic E-state index is 0.0437. The second-order valence-corrected chi connectivity index (χ2v) is 8.37. The Kier molecular flexibility index (Phi) is 7.96. The number of benzene rings is 1. The third-order valence-corrected chi connectivity index (χ3v) is 5.30. The largest absolute Gasteiger partial charge is 0.486 e. The van der Waals surface area contributed by atoms with Crippen molar-refractivity contribution in [3.05, 3.63) is 62.1 Å². The molecule has 3 rings (SSSR count). The molecule has 0 aliphatic rings. The van der Waals surface area contributed by atoms with Crippen molar-refractivity contribution in [3.63, 3.8) is 0 Å². The molecule has 0 spiro atoms. The van der Waals surface area contributed by atoms with Crippen LogP contribution < -0.4 is 16.0 Å². The first kappa shape index (κ1) is 24.1. The Morgan fingerprint density at radius 3 is 2.58 bits per heavy atom. The molecule has 0 amide bonds. The summed E-state index contributed by atoms with van der Waals surface area (Å²) in [5.74, 6) is 0.585. The lowest BCUT2D eigenvalue weighted by Gasteiger charge is -2.16. The predicted molar refractivity (Wildman–Crippen MR) is 124 cm³/mol. The molecule has 0 unspecified atom stereocenters. The summed E-state index contributed by atoms with van der Waals surface area (Å²) in [5, 5.41) is 18.4. The molecule has 2 heterocycles. The maximum atomic E-state index is 12.8. The Bertz CT molecular complexity index is 1290. The van der Waals surface area contributed by atoms with Crippen molar-refractivity contribution in [1.29, 1.82) is 5.26 Å². The third-order valence-electron chi connectivity index (χ3n) is 5.30. The van der Waals surface area contributed by atoms with Gasteiger partial charge in [-0.05, 0) is 37.3 Å². The topological polar surface area (TPSA) is 123 Å². The van der Waals surface area contributed by atoms with Crippen LogP contribution in [0.15, 0.2) is 33.9 Å². The molecule has 0 fully saturated rings. The van der Waals surface area contributed by atoms with Crippen LogP contribution in [0.25, 0.3) is 11.2 Å². The molecular weight excluding hydrogens is 422 g/mol. The van der Waals surface area contributed by atoms with Crippen LogP contribution >= 0.6 is 0 Å². The predicted octanol–water partition coefficient (Wildman–Crippen LogP) is 2.30. The standard InChI is InChI=1S/C24H29N5O4/c1-16(2)14-29-22-21(23(31)28(3)24(29)32)26-18(10-5-4-8-12-30)19(27-22)15-33-20-11-7-6-9-17(20)13-25/h6-7,9,11,16,30H,4-5,8,10,12,14-15H2,1-3H3. The molecule has 0 atom stereocenters. The Labute approximate surface area is 191 Å².